The van der Waals surface area contributed by atoms with Gasteiger partial charge >= 0.3 is 0 Å². The molecule has 104 valence electrons. The number of nitrogen functional groups attached to an aromatic ring is 1. The first kappa shape index (κ1) is 13.9. The number of carbonyl (C=O) groups excluding carboxylic acids is 1. The number of ketones is 1. The summed E-state index contributed by atoms with van der Waals surface area (Å²) >= 11 is 0. The summed E-state index contributed by atoms with van der Waals surface area (Å²) < 4.78 is 5.97. The molecule has 0 aromatic heterocycles. The van der Waals surface area contributed by atoms with E-state index in [1.54, 1.807) is 12.1 Å². The summed E-state index contributed by atoms with van der Waals surface area (Å²) in [6.07, 6.45) is 4.83. The third kappa shape index (κ3) is 3.49. The fourth-order valence-corrected chi connectivity index (χ4v) is 2.62. The van der Waals surface area contributed by atoms with E-state index in [1.165, 1.54) is 19.8 Å². The Balaban J connectivity index is 2.01. The third-order valence-corrected chi connectivity index (χ3v) is 3.99. The van der Waals surface area contributed by atoms with E-state index in [-0.39, 0.29) is 11.9 Å². The summed E-state index contributed by atoms with van der Waals surface area (Å²) in [5, 5.41) is 0. The Morgan fingerprint density at radius 1 is 1.32 bits per heavy atom. The number of rotatable bonds is 3. The number of hydrogen-bond donors (Lipinski definition) is 1. The maximum atomic E-state index is 11.3. The lowest BCUT2D eigenvalue weighted by molar-refractivity contribution is 0.0986. The Hall–Kier alpha value is -1.51. The topological polar surface area (TPSA) is 52.3 Å². The molecule has 1 saturated carbocycles. The van der Waals surface area contributed by atoms with Crippen molar-refractivity contribution in [3.63, 3.8) is 0 Å². The quantitative estimate of drug-likeness (QED) is 0.664. The van der Waals surface area contributed by atoms with Gasteiger partial charge in [-0.1, -0.05) is 13.8 Å². The molecule has 0 spiro atoms. The van der Waals surface area contributed by atoms with Gasteiger partial charge in [0.05, 0.1) is 6.10 Å². The molecule has 1 aliphatic rings. The first-order valence-electron chi connectivity index (χ1n) is 6.94. The van der Waals surface area contributed by atoms with Gasteiger partial charge in [-0.25, -0.2) is 0 Å². The molecular weight excluding hydrogens is 238 g/mol. The Labute approximate surface area is 115 Å². The van der Waals surface area contributed by atoms with E-state index >= 15 is 0 Å². The van der Waals surface area contributed by atoms with E-state index in [4.69, 9.17) is 10.5 Å². The van der Waals surface area contributed by atoms with Crippen molar-refractivity contribution in [3.8, 4) is 5.75 Å². The van der Waals surface area contributed by atoms with Crippen LogP contribution < -0.4 is 10.5 Å². The Morgan fingerprint density at radius 2 is 1.95 bits per heavy atom. The van der Waals surface area contributed by atoms with Crippen LogP contribution in [0, 0.1) is 5.41 Å². The van der Waals surface area contributed by atoms with Crippen molar-refractivity contribution >= 4 is 11.5 Å². The van der Waals surface area contributed by atoms with Gasteiger partial charge in [0.15, 0.2) is 5.78 Å². The molecule has 1 fully saturated rings. The summed E-state index contributed by atoms with van der Waals surface area (Å²) in [5.74, 6) is 0.760. The maximum Gasteiger partial charge on any atom is 0.161 e. The van der Waals surface area contributed by atoms with Gasteiger partial charge in [0.2, 0.25) is 0 Å². The van der Waals surface area contributed by atoms with Crippen LogP contribution >= 0.6 is 0 Å². The van der Waals surface area contributed by atoms with Crippen LogP contribution in [-0.4, -0.2) is 11.9 Å². The molecule has 0 atom stereocenters. The van der Waals surface area contributed by atoms with Crippen LogP contribution in [-0.2, 0) is 0 Å². The largest absolute Gasteiger partial charge is 0.490 e. The highest BCUT2D eigenvalue weighted by Crippen LogP contribution is 2.36. The van der Waals surface area contributed by atoms with E-state index in [2.05, 4.69) is 13.8 Å². The van der Waals surface area contributed by atoms with Gasteiger partial charge in [0.25, 0.3) is 0 Å². The molecule has 1 aromatic carbocycles. The summed E-state index contributed by atoms with van der Waals surface area (Å²) in [5.41, 5.74) is 7.38. The maximum absolute atomic E-state index is 11.3. The fraction of sp³-hybridized carbons (Fsp3) is 0.562. The molecule has 0 unspecified atom stereocenters. The van der Waals surface area contributed by atoms with Crippen molar-refractivity contribution in [2.75, 3.05) is 5.73 Å². The van der Waals surface area contributed by atoms with Crippen LogP contribution in [0.1, 0.15) is 56.8 Å². The van der Waals surface area contributed by atoms with Crippen molar-refractivity contribution < 1.29 is 9.53 Å². The number of benzene rings is 1. The van der Waals surface area contributed by atoms with Crippen molar-refractivity contribution in [1.29, 1.82) is 0 Å². The molecule has 0 saturated heterocycles. The highest BCUT2D eigenvalue weighted by Gasteiger charge is 2.27. The third-order valence-electron chi connectivity index (χ3n) is 3.99. The van der Waals surface area contributed by atoms with Gasteiger partial charge in [-0.15, -0.1) is 0 Å². The van der Waals surface area contributed by atoms with E-state index in [0.29, 0.717) is 16.7 Å². The summed E-state index contributed by atoms with van der Waals surface area (Å²) in [7, 11) is 0. The molecule has 1 aliphatic carbocycles. The predicted octanol–water partition coefficient (Wildman–Crippen LogP) is 3.82. The molecule has 1 aromatic rings. The second-order valence-electron chi connectivity index (χ2n) is 6.29. The van der Waals surface area contributed by atoms with Crippen molar-refractivity contribution in [2.24, 2.45) is 5.41 Å². The Kier molecular flexibility index (Phi) is 3.83. The zero-order valence-electron chi connectivity index (χ0n) is 12.0. The van der Waals surface area contributed by atoms with Crippen molar-refractivity contribution in [1.82, 2.24) is 0 Å². The first-order valence-corrected chi connectivity index (χ1v) is 6.94. The Bertz CT molecular complexity index is 470. The van der Waals surface area contributed by atoms with Crippen molar-refractivity contribution in [2.45, 2.75) is 52.6 Å². The van der Waals surface area contributed by atoms with Crippen LogP contribution in [0.2, 0.25) is 0 Å². The van der Waals surface area contributed by atoms with Crippen LogP contribution in [0.5, 0.6) is 5.75 Å². The average molecular weight is 261 g/mol. The molecule has 0 radical (unpaired) electrons. The number of ether oxygens (including phenoxy) is 1. The van der Waals surface area contributed by atoms with Gasteiger partial charge in [-0.05, 0) is 50.2 Å². The molecule has 3 nitrogen and oxygen atoms in total. The number of nitrogens with two attached hydrogens (primary N) is 1. The van der Waals surface area contributed by atoms with Gasteiger partial charge in [-0.2, -0.15) is 0 Å². The van der Waals surface area contributed by atoms with Gasteiger partial charge < -0.3 is 10.5 Å². The lowest BCUT2D eigenvalue weighted by Crippen LogP contribution is -2.28. The zero-order valence-corrected chi connectivity index (χ0v) is 12.0. The van der Waals surface area contributed by atoms with E-state index in [1.807, 2.05) is 6.07 Å². The Morgan fingerprint density at radius 3 is 2.47 bits per heavy atom. The van der Waals surface area contributed by atoms with Gasteiger partial charge in [-0.3, -0.25) is 4.79 Å². The molecular formula is C16H23NO2. The molecule has 0 bridgehead atoms. The average Bonchev–Trinajstić information content (AvgIpc) is 2.31. The number of hydrogen-bond acceptors (Lipinski definition) is 3. The van der Waals surface area contributed by atoms with Gasteiger partial charge in [0, 0.05) is 17.3 Å². The SMILES string of the molecule is CC(=O)c1ccc(OC2CCC(C)(C)CC2)cc1N. The summed E-state index contributed by atoms with van der Waals surface area (Å²) in [6.45, 7) is 6.14. The van der Waals surface area contributed by atoms with Crippen LogP contribution in [0.25, 0.3) is 0 Å². The second-order valence-corrected chi connectivity index (χ2v) is 6.29. The fourth-order valence-electron chi connectivity index (χ4n) is 2.62. The predicted molar refractivity (Wildman–Crippen MR) is 77.5 cm³/mol. The standard InChI is InChI=1S/C16H23NO2/c1-11(18)14-5-4-13(10-15(14)17)19-12-6-8-16(2,3)9-7-12/h4-5,10,12H,6-9,17H2,1-3H3. The van der Waals surface area contributed by atoms with E-state index < -0.39 is 0 Å². The number of Topliss-reactive ketones (excluding diaryl/α,β-unsaturated/α-hetero) is 1. The van der Waals surface area contributed by atoms with Gasteiger partial charge in [0.1, 0.15) is 5.75 Å². The minimum atomic E-state index is -0.0107. The molecule has 2 rings (SSSR count). The van der Waals surface area contributed by atoms with E-state index in [9.17, 15) is 4.79 Å². The van der Waals surface area contributed by atoms with Crippen LogP contribution in [0.15, 0.2) is 18.2 Å². The lowest BCUT2D eigenvalue weighted by Gasteiger charge is -2.34. The molecule has 0 amide bonds. The monoisotopic (exact) mass is 261 g/mol. The normalized spacial score (nSPS) is 19.1. The number of carbonyl (C=O) groups is 1. The number of anilines is 1. The molecule has 0 heterocycles. The summed E-state index contributed by atoms with van der Waals surface area (Å²) in [4.78, 5) is 11.3. The van der Waals surface area contributed by atoms with E-state index in [0.717, 1.165) is 18.6 Å². The van der Waals surface area contributed by atoms with Crippen molar-refractivity contribution in [3.05, 3.63) is 23.8 Å². The van der Waals surface area contributed by atoms with Crippen LogP contribution in [0.3, 0.4) is 0 Å². The highest BCUT2D eigenvalue weighted by molar-refractivity contribution is 5.99. The lowest BCUT2D eigenvalue weighted by atomic mass is 9.76. The molecule has 3 heteroatoms. The minimum Gasteiger partial charge on any atom is -0.490 e. The second kappa shape index (κ2) is 5.24. The highest BCUT2D eigenvalue weighted by atomic mass is 16.5. The molecule has 2 N–H and O–H groups in total. The first-order chi connectivity index (χ1) is 8.87. The smallest absolute Gasteiger partial charge is 0.161 e. The zero-order chi connectivity index (χ0) is 14.0. The minimum absolute atomic E-state index is 0.0107. The summed E-state index contributed by atoms with van der Waals surface area (Å²) in [6, 6.07) is 5.35. The molecule has 0 aliphatic heterocycles. The van der Waals surface area contributed by atoms with Crippen LogP contribution in [0.4, 0.5) is 5.69 Å². The molecule has 19 heavy (non-hydrogen) atoms.